The van der Waals surface area contributed by atoms with Crippen molar-refractivity contribution in [1.29, 1.82) is 0 Å². The molecule has 0 spiro atoms. The van der Waals surface area contributed by atoms with Crippen LogP contribution in [-0.4, -0.2) is 12.5 Å². The maximum atomic E-state index is 11.9. The fourth-order valence-electron chi connectivity index (χ4n) is 2.11. The molecule has 1 heterocycles. The molecule has 3 rings (SSSR count). The molecule has 1 aliphatic heterocycles. The van der Waals surface area contributed by atoms with Crippen LogP contribution in [0.1, 0.15) is 18.4 Å². The van der Waals surface area contributed by atoms with E-state index in [-0.39, 0.29) is 5.91 Å². The Labute approximate surface area is 97.4 Å². The summed E-state index contributed by atoms with van der Waals surface area (Å²) in [7, 11) is 0. The second-order valence-electron chi connectivity index (χ2n) is 4.36. The highest BCUT2D eigenvalue weighted by Crippen LogP contribution is 2.38. The third-order valence-electron chi connectivity index (χ3n) is 3.15. The number of nitrogens with zero attached hydrogens (tertiary/aromatic N) is 1. The zero-order valence-corrected chi connectivity index (χ0v) is 9.96. The van der Waals surface area contributed by atoms with Crippen LogP contribution in [0.4, 0.5) is 5.69 Å². The van der Waals surface area contributed by atoms with Crippen LogP contribution < -0.4 is 4.90 Å². The van der Waals surface area contributed by atoms with Crippen LogP contribution in [0.25, 0.3) is 0 Å². The number of anilines is 1. The lowest BCUT2D eigenvalue weighted by Crippen LogP contribution is -2.28. The third-order valence-corrected chi connectivity index (χ3v) is 3.89. The predicted octanol–water partition coefficient (Wildman–Crippen LogP) is 2.75. The molecule has 15 heavy (non-hydrogen) atoms. The van der Waals surface area contributed by atoms with Gasteiger partial charge in [-0.25, -0.2) is 0 Å². The van der Waals surface area contributed by atoms with E-state index >= 15 is 0 Å². The summed E-state index contributed by atoms with van der Waals surface area (Å²) in [6.07, 6.45) is 3.13. The molecule has 3 heteroatoms. The van der Waals surface area contributed by atoms with E-state index in [0.717, 1.165) is 28.2 Å². The van der Waals surface area contributed by atoms with Gasteiger partial charge in [0.25, 0.3) is 0 Å². The molecular weight excluding hydrogens is 254 g/mol. The molecule has 78 valence electrons. The molecule has 0 radical (unpaired) electrons. The number of carbonyl (C=O) groups excluding carboxylic acids is 1. The molecule has 1 fully saturated rings. The van der Waals surface area contributed by atoms with Gasteiger partial charge in [-0.15, -0.1) is 0 Å². The van der Waals surface area contributed by atoms with Gasteiger partial charge in [0.1, 0.15) is 0 Å². The quantitative estimate of drug-likeness (QED) is 0.806. The van der Waals surface area contributed by atoms with Gasteiger partial charge in [-0.05, 0) is 36.5 Å². The summed E-state index contributed by atoms with van der Waals surface area (Å²) in [5, 5.41) is 0. The highest BCUT2D eigenvalue weighted by Gasteiger charge is 2.33. The Bertz CT molecular complexity index is 426. The van der Waals surface area contributed by atoms with Gasteiger partial charge in [0.15, 0.2) is 0 Å². The fraction of sp³-hybridized carbons (Fsp3) is 0.417. The lowest BCUT2D eigenvalue weighted by atomic mass is 10.2. The Balaban J connectivity index is 1.97. The Morgan fingerprint density at radius 2 is 2.20 bits per heavy atom. The van der Waals surface area contributed by atoms with Crippen molar-refractivity contribution in [3.8, 4) is 0 Å². The topological polar surface area (TPSA) is 20.3 Å². The standard InChI is InChI=1S/C12H12BrNO/c13-10-2-1-3-11-9(10)6-12(15)14(11)7-8-4-5-8/h1-3,8H,4-7H2. The van der Waals surface area contributed by atoms with Gasteiger partial charge in [-0.3, -0.25) is 4.79 Å². The maximum Gasteiger partial charge on any atom is 0.231 e. The smallest absolute Gasteiger partial charge is 0.231 e. The van der Waals surface area contributed by atoms with Gasteiger partial charge < -0.3 is 4.90 Å². The van der Waals surface area contributed by atoms with Gasteiger partial charge in [0, 0.05) is 16.7 Å². The first-order chi connectivity index (χ1) is 7.25. The SMILES string of the molecule is O=C1Cc2c(Br)cccc2N1CC1CC1. The first kappa shape index (κ1) is 9.40. The van der Waals surface area contributed by atoms with E-state index in [1.807, 2.05) is 23.1 Å². The van der Waals surface area contributed by atoms with E-state index in [1.54, 1.807) is 0 Å². The number of carbonyl (C=O) groups is 1. The second kappa shape index (κ2) is 3.34. The molecule has 0 atom stereocenters. The molecule has 2 aliphatic rings. The summed E-state index contributed by atoms with van der Waals surface area (Å²) in [5.74, 6) is 1.00. The molecule has 0 saturated heterocycles. The first-order valence-corrected chi connectivity index (χ1v) is 6.13. The normalized spacial score (nSPS) is 19.5. The van der Waals surface area contributed by atoms with Crippen molar-refractivity contribution in [3.05, 3.63) is 28.2 Å². The zero-order chi connectivity index (χ0) is 10.4. The number of halogens is 1. The van der Waals surface area contributed by atoms with Crippen LogP contribution in [0, 0.1) is 5.92 Å². The summed E-state index contributed by atoms with van der Waals surface area (Å²) < 4.78 is 1.06. The fourth-order valence-corrected chi connectivity index (χ4v) is 2.61. The van der Waals surface area contributed by atoms with Crippen molar-refractivity contribution in [3.63, 3.8) is 0 Å². The minimum absolute atomic E-state index is 0.254. The van der Waals surface area contributed by atoms with Gasteiger partial charge in [0.05, 0.1) is 6.42 Å². The molecule has 0 N–H and O–H groups in total. The van der Waals surface area contributed by atoms with E-state index in [9.17, 15) is 4.79 Å². The van der Waals surface area contributed by atoms with E-state index in [2.05, 4.69) is 15.9 Å². The Hall–Kier alpha value is -0.830. The van der Waals surface area contributed by atoms with Crippen molar-refractivity contribution in [2.24, 2.45) is 5.92 Å². The maximum absolute atomic E-state index is 11.9. The monoisotopic (exact) mass is 265 g/mol. The lowest BCUT2D eigenvalue weighted by molar-refractivity contribution is -0.117. The number of fused-ring (bicyclic) bond motifs is 1. The largest absolute Gasteiger partial charge is 0.312 e. The minimum atomic E-state index is 0.254. The van der Waals surface area contributed by atoms with Gasteiger partial charge >= 0.3 is 0 Å². The van der Waals surface area contributed by atoms with Gasteiger partial charge in [-0.2, -0.15) is 0 Å². The Kier molecular flexibility index (Phi) is 2.09. The van der Waals surface area contributed by atoms with E-state index in [4.69, 9.17) is 0 Å². The highest BCUT2D eigenvalue weighted by atomic mass is 79.9. The summed E-state index contributed by atoms with van der Waals surface area (Å²) in [4.78, 5) is 13.8. The number of hydrogen-bond donors (Lipinski definition) is 0. The lowest BCUT2D eigenvalue weighted by Gasteiger charge is -2.16. The first-order valence-electron chi connectivity index (χ1n) is 5.33. The number of hydrogen-bond acceptors (Lipinski definition) is 1. The molecule has 1 aromatic carbocycles. The van der Waals surface area contributed by atoms with Crippen molar-refractivity contribution >= 4 is 27.5 Å². The number of benzene rings is 1. The molecule has 0 unspecified atom stereocenters. The van der Waals surface area contributed by atoms with Crippen LogP contribution in [0.3, 0.4) is 0 Å². The van der Waals surface area contributed by atoms with E-state index in [1.165, 1.54) is 12.8 Å². The molecular formula is C12H12BrNO. The highest BCUT2D eigenvalue weighted by molar-refractivity contribution is 9.10. The zero-order valence-electron chi connectivity index (χ0n) is 8.37. The molecule has 0 bridgehead atoms. The van der Waals surface area contributed by atoms with Crippen LogP contribution in [0.15, 0.2) is 22.7 Å². The average Bonchev–Trinajstić information content (AvgIpc) is 2.96. The average molecular weight is 266 g/mol. The van der Waals surface area contributed by atoms with Crippen molar-refractivity contribution in [2.75, 3.05) is 11.4 Å². The number of rotatable bonds is 2. The molecule has 1 aliphatic carbocycles. The van der Waals surface area contributed by atoms with Crippen molar-refractivity contribution in [2.45, 2.75) is 19.3 Å². The van der Waals surface area contributed by atoms with Crippen LogP contribution in [0.2, 0.25) is 0 Å². The van der Waals surface area contributed by atoms with E-state index in [0.29, 0.717) is 6.42 Å². The number of amides is 1. The molecule has 2 nitrogen and oxygen atoms in total. The Morgan fingerprint density at radius 3 is 2.93 bits per heavy atom. The third kappa shape index (κ3) is 1.59. The van der Waals surface area contributed by atoms with Crippen LogP contribution >= 0.6 is 15.9 Å². The molecule has 1 amide bonds. The van der Waals surface area contributed by atoms with E-state index < -0.39 is 0 Å². The van der Waals surface area contributed by atoms with Gasteiger partial charge in [0.2, 0.25) is 5.91 Å². The summed E-state index contributed by atoms with van der Waals surface area (Å²) in [6.45, 7) is 0.919. The van der Waals surface area contributed by atoms with Crippen LogP contribution in [0.5, 0.6) is 0 Å². The van der Waals surface area contributed by atoms with Crippen LogP contribution in [-0.2, 0) is 11.2 Å². The summed E-state index contributed by atoms with van der Waals surface area (Å²) in [6, 6.07) is 6.06. The minimum Gasteiger partial charge on any atom is -0.312 e. The second-order valence-corrected chi connectivity index (χ2v) is 5.22. The van der Waals surface area contributed by atoms with Crippen molar-refractivity contribution < 1.29 is 4.79 Å². The summed E-state index contributed by atoms with van der Waals surface area (Å²) in [5.41, 5.74) is 2.27. The van der Waals surface area contributed by atoms with Crippen molar-refractivity contribution in [1.82, 2.24) is 0 Å². The molecule has 1 saturated carbocycles. The molecule has 0 aromatic heterocycles. The Morgan fingerprint density at radius 1 is 1.40 bits per heavy atom. The van der Waals surface area contributed by atoms with Gasteiger partial charge in [-0.1, -0.05) is 22.0 Å². The molecule has 1 aromatic rings. The summed E-state index contributed by atoms with van der Waals surface area (Å²) >= 11 is 3.51. The predicted molar refractivity (Wildman–Crippen MR) is 62.9 cm³/mol.